The fraction of sp³-hybridized carbons (Fsp3) is 0. The first-order chi connectivity index (χ1) is 29.6. The zero-order chi connectivity index (χ0) is 39.8. The van der Waals surface area contributed by atoms with Crippen LogP contribution in [-0.4, -0.2) is 0 Å². The van der Waals surface area contributed by atoms with E-state index < -0.39 is 7.14 Å². The third-order valence-electron chi connectivity index (χ3n) is 12.1. The molecule has 282 valence electrons. The summed E-state index contributed by atoms with van der Waals surface area (Å²) in [5.74, 6) is 0. The van der Waals surface area contributed by atoms with Crippen LogP contribution in [0.4, 0.5) is 0 Å². The van der Waals surface area contributed by atoms with E-state index >= 15 is 4.57 Å². The van der Waals surface area contributed by atoms with Crippen molar-refractivity contribution in [2.45, 2.75) is 0 Å². The molecule has 10 aromatic carbocycles. The Hall–Kier alpha value is -7.45. The van der Waals surface area contributed by atoms with Gasteiger partial charge in [-0.05, 0) is 116 Å². The maximum Gasteiger partial charge on any atom is 0.171 e. The second-order valence-electron chi connectivity index (χ2n) is 15.6. The second kappa shape index (κ2) is 13.6. The predicted molar refractivity (Wildman–Crippen MR) is 252 cm³/mol. The molecule has 0 radical (unpaired) electrons. The van der Waals surface area contributed by atoms with Crippen LogP contribution in [-0.2, 0) is 4.57 Å². The highest BCUT2D eigenvalue weighted by molar-refractivity contribution is 7.85. The van der Waals surface area contributed by atoms with Gasteiger partial charge >= 0.3 is 0 Å². The minimum atomic E-state index is -3.13. The fourth-order valence-electron chi connectivity index (χ4n) is 9.18. The van der Waals surface area contributed by atoms with Gasteiger partial charge in [0.2, 0.25) is 0 Å². The number of furan rings is 2. The summed E-state index contributed by atoms with van der Waals surface area (Å²) in [6.07, 6.45) is 0. The molecule has 0 spiro atoms. The van der Waals surface area contributed by atoms with Gasteiger partial charge < -0.3 is 13.4 Å². The Labute approximate surface area is 346 Å². The third-order valence-corrected chi connectivity index (χ3v) is 15.2. The standard InChI is InChI=1S/C56H35O3P/c57-60(43-15-3-1-4-16-43,44-17-5-2-6-18-44)45-19-11-14-36(31-45)37-22-26-52-48(32-37)49-33-38(23-27-53(49)58-52)39-24-28-54-50(34-39)51-35-42(25-29-55(51)59-54)56-46-20-9-7-12-40(46)30-41-13-8-10-21-47(41)56/h1-35H. The Bertz CT molecular complexity index is 3590. The molecule has 12 aromatic rings. The van der Waals surface area contributed by atoms with Gasteiger partial charge in [0.1, 0.15) is 22.3 Å². The molecule has 2 aromatic heterocycles. The molecule has 0 saturated carbocycles. The fourth-order valence-corrected chi connectivity index (χ4v) is 11.9. The van der Waals surface area contributed by atoms with Crippen molar-refractivity contribution >= 4 is 88.5 Å². The summed E-state index contributed by atoms with van der Waals surface area (Å²) < 4.78 is 28.0. The highest BCUT2D eigenvalue weighted by atomic mass is 31.2. The number of benzene rings is 10. The topological polar surface area (TPSA) is 43.4 Å². The van der Waals surface area contributed by atoms with Crippen molar-refractivity contribution in [3.05, 3.63) is 212 Å². The van der Waals surface area contributed by atoms with E-state index in [0.29, 0.717) is 0 Å². The van der Waals surface area contributed by atoms with Gasteiger partial charge in [0.15, 0.2) is 7.14 Å². The van der Waals surface area contributed by atoms with Gasteiger partial charge in [0, 0.05) is 37.5 Å². The Balaban J connectivity index is 0.957. The molecule has 12 rings (SSSR count). The molecule has 0 saturated heterocycles. The average molecular weight is 787 g/mol. The smallest absolute Gasteiger partial charge is 0.171 e. The maximum absolute atomic E-state index is 15.2. The Morgan fingerprint density at radius 2 is 0.667 bits per heavy atom. The van der Waals surface area contributed by atoms with Crippen LogP contribution in [0.1, 0.15) is 0 Å². The molecular weight excluding hydrogens is 752 g/mol. The summed E-state index contributed by atoms with van der Waals surface area (Å²) in [5, 5.41) is 11.6. The van der Waals surface area contributed by atoms with Crippen molar-refractivity contribution in [1.29, 1.82) is 0 Å². The van der Waals surface area contributed by atoms with E-state index in [1.807, 2.05) is 78.9 Å². The van der Waals surface area contributed by atoms with E-state index in [2.05, 4.69) is 133 Å². The molecule has 0 unspecified atom stereocenters. The lowest BCUT2D eigenvalue weighted by atomic mass is 9.91. The van der Waals surface area contributed by atoms with E-state index in [1.165, 1.54) is 32.7 Å². The quantitative estimate of drug-likeness (QED) is 0.125. The molecule has 0 aliphatic rings. The van der Waals surface area contributed by atoms with Crippen LogP contribution in [0.3, 0.4) is 0 Å². The summed E-state index contributed by atoms with van der Waals surface area (Å²) >= 11 is 0. The van der Waals surface area contributed by atoms with Gasteiger partial charge in [-0.1, -0.05) is 152 Å². The first-order valence-electron chi connectivity index (χ1n) is 20.2. The van der Waals surface area contributed by atoms with Gasteiger partial charge in [0.05, 0.1) is 0 Å². The molecule has 2 heterocycles. The van der Waals surface area contributed by atoms with Crippen LogP contribution in [0.5, 0.6) is 0 Å². The first-order valence-corrected chi connectivity index (χ1v) is 22.0. The van der Waals surface area contributed by atoms with Crippen LogP contribution >= 0.6 is 7.14 Å². The highest BCUT2D eigenvalue weighted by Crippen LogP contribution is 2.44. The Morgan fingerprint density at radius 1 is 0.283 bits per heavy atom. The molecule has 0 aliphatic carbocycles. The molecule has 0 fully saturated rings. The summed E-state index contributed by atoms with van der Waals surface area (Å²) in [4.78, 5) is 0. The normalized spacial score (nSPS) is 12.1. The minimum Gasteiger partial charge on any atom is -0.456 e. The molecule has 3 nitrogen and oxygen atoms in total. The molecule has 0 atom stereocenters. The van der Waals surface area contributed by atoms with E-state index in [1.54, 1.807) is 0 Å². The van der Waals surface area contributed by atoms with Crippen LogP contribution in [0, 0.1) is 0 Å². The van der Waals surface area contributed by atoms with Gasteiger partial charge in [-0.2, -0.15) is 0 Å². The Kier molecular flexibility index (Phi) is 7.82. The zero-order valence-electron chi connectivity index (χ0n) is 32.4. The van der Waals surface area contributed by atoms with Crippen molar-refractivity contribution in [1.82, 2.24) is 0 Å². The lowest BCUT2D eigenvalue weighted by Crippen LogP contribution is -2.25. The number of fused-ring (bicyclic) bond motifs is 8. The lowest BCUT2D eigenvalue weighted by molar-refractivity contribution is 0.592. The molecule has 4 heteroatoms. The summed E-state index contributed by atoms with van der Waals surface area (Å²) in [7, 11) is -3.13. The van der Waals surface area contributed by atoms with Crippen LogP contribution in [0.15, 0.2) is 221 Å². The van der Waals surface area contributed by atoms with Crippen molar-refractivity contribution in [2.24, 2.45) is 0 Å². The van der Waals surface area contributed by atoms with Crippen LogP contribution in [0.25, 0.3) is 98.8 Å². The zero-order valence-corrected chi connectivity index (χ0v) is 33.3. The molecule has 0 N–H and O–H groups in total. The van der Waals surface area contributed by atoms with E-state index in [4.69, 9.17) is 8.83 Å². The van der Waals surface area contributed by atoms with Crippen molar-refractivity contribution in [3.63, 3.8) is 0 Å². The first kappa shape index (κ1) is 34.6. The summed E-state index contributed by atoms with van der Waals surface area (Å²) in [6, 6.07) is 73.3. The highest BCUT2D eigenvalue weighted by Gasteiger charge is 2.30. The van der Waals surface area contributed by atoms with Gasteiger partial charge in [-0.15, -0.1) is 0 Å². The third kappa shape index (κ3) is 5.48. The molecular formula is C56H35O3P. The van der Waals surface area contributed by atoms with E-state index in [9.17, 15) is 0 Å². The largest absolute Gasteiger partial charge is 0.456 e. The van der Waals surface area contributed by atoms with Crippen LogP contribution < -0.4 is 15.9 Å². The second-order valence-corrected chi connectivity index (χ2v) is 18.3. The van der Waals surface area contributed by atoms with Crippen LogP contribution in [0.2, 0.25) is 0 Å². The van der Waals surface area contributed by atoms with Gasteiger partial charge in [-0.3, -0.25) is 0 Å². The van der Waals surface area contributed by atoms with Gasteiger partial charge in [0.25, 0.3) is 0 Å². The summed E-state index contributed by atoms with van der Waals surface area (Å²) in [6.45, 7) is 0. The van der Waals surface area contributed by atoms with Crippen molar-refractivity contribution in [2.75, 3.05) is 0 Å². The number of rotatable bonds is 6. The van der Waals surface area contributed by atoms with E-state index in [0.717, 1.165) is 82.0 Å². The molecule has 0 amide bonds. The van der Waals surface area contributed by atoms with Crippen molar-refractivity contribution in [3.8, 4) is 33.4 Å². The molecule has 0 aliphatic heterocycles. The Morgan fingerprint density at radius 3 is 1.15 bits per heavy atom. The maximum atomic E-state index is 15.2. The predicted octanol–water partition coefficient (Wildman–Crippen LogP) is 14.4. The number of hydrogen-bond donors (Lipinski definition) is 0. The molecule has 0 bridgehead atoms. The molecule has 60 heavy (non-hydrogen) atoms. The number of hydrogen-bond acceptors (Lipinski definition) is 3. The van der Waals surface area contributed by atoms with Crippen molar-refractivity contribution < 1.29 is 13.4 Å². The monoisotopic (exact) mass is 786 g/mol. The summed E-state index contributed by atoms with van der Waals surface area (Å²) in [5.41, 5.74) is 10.0. The lowest BCUT2D eigenvalue weighted by Gasteiger charge is -2.20. The average Bonchev–Trinajstić information content (AvgIpc) is 3.88. The van der Waals surface area contributed by atoms with E-state index in [-0.39, 0.29) is 0 Å². The van der Waals surface area contributed by atoms with Gasteiger partial charge in [-0.25, -0.2) is 0 Å². The SMILES string of the molecule is O=P(c1ccccc1)(c1ccccc1)c1cccc(-c2ccc3oc4ccc(-c5ccc6oc7ccc(-c8c9ccccc9cc9ccccc89)cc7c6c5)cc4c3c2)c1. The minimum absolute atomic E-state index is 0.802.